The van der Waals surface area contributed by atoms with Crippen LogP contribution in [0.5, 0.6) is 0 Å². The Morgan fingerprint density at radius 1 is 1.13 bits per heavy atom. The van der Waals surface area contributed by atoms with Gasteiger partial charge < -0.3 is 14.6 Å². The number of anilines is 1. The lowest BCUT2D eigenvalue weighted by Gasteiger charge is -2.07. The van der Waals surface area contributed by atoms with Gasteiger partial charge in [-0.1, -0.05) is 24.3 Å². The summed E-state index contributed by atoms with van der Waals surface area (Å²) in [6.07, 6.45) is 1.56. The number of amides is 2. The van der Waals surface area contributed by atoms with E-state index in [4.69, 9.17) is 4.74 Å². The number of carbonyl (C=O) groups is 3. The molecule has 1 heterocycles. The number of esters is 1. The van der Waals surface area contributed by atoms with Crippen molar-refractivity contribution in [1.82, 2.24) is 9.99 Å². The standard InChI is InChI=1S/C23H24N4O4/c1-4-31-22(29)14-27-15(2)20(19-10-5-6-11-21(19)27)13-24-26-23(30)17-8-7-9-18(12-17)25-16(3)28/h5-13H,4,14H2,1-3H3,(H,25,28)(H,26,30). The van der Waals surface area contributed by atoms with Gasteiger partial charge >= 0.3 is 5.97 Å². The van der Waals surface area contributed by atoms with Crippen LogP contribution in [0.25, 0.3) is 10.9 Å². The van der Waals surface area contributed by atoms with E-state index in [0.717, 1.165) is 22.2 Å². The molecule has 31 heavy (non-hydrogen) atoms. The number of rotatable bonds is 7. The summed E-state index contributed by atoms with van der Waals surface area (Å²) in [5.41, 5.74) is 5.91. The molecule has 0 atom stereocenters. The van der Waals surface area contributed by atoms with Gasteiger partial charge in [-0.3, -0.25) is 14.4 Å². The summed E-state index contributed by atoms with van der Waals surface area (Å²) >= 11 is 0. The van der Waals surface area contributed by atoms with Crippen LogP contribution in [0.2, 0.25) is 0 Å². The van der Waals surface area contributed by atoms with Gasteiger partial charge in [-0.15, -0.1) is 0 Å². The quantitative estimate of drug-likeness (QED) is 0.348. The molecule has 0 bridgehead atoms. The first-order chi connectivity index (χ1) is 14.9. The van der Waals surface area contributed by atoms with E-state index >= 15 is 0 Å². The van der Waals surface area contributed by atoms with Gasteiger partial charge in [-0.05, 0) is 38.1 Å². The van der Waals surface area contributed by atoms with Crippen molar-refractivity contribution in [2.45, 2.75) is 27.3 Å². The van der Waals surface area contributed by atoms with Crippen molar-refractivity contribution in [3.8, 4) is 0 Å². The minimum atomic E-state index is -0.406. The number of fused-ring (bicyclic) bond motifs is 1. The molecule has 2 N–H and O–H groups in total. The van der Waals surface area contributed by atoms with E-state index in [-0.39, 0.29) is 18.4 Å². The second-order valence-corrected chi connectivity index (χ2v) is 6.87. The van der Waals surface area contributed by atoms with Gasteiger partial charge in [0, 0.05) is 40.3 Å². The Labute approximate surface area is 179 Å². The zero-order valence-corrected chi connectivity index (χ0v) is 17.6. The first-order valence-corrected chi connectivity index (χ1v) is 9.85. The second kappa shape index (κ2) is 9.71. The summed E-state index contributed by atoms with van der Waals surface area (Å²) in [4.78, 5) is 35.7. The first-order valence-electron chi connectivity index (χ1n) is 9.85. The zero-order valence-electron chi connectivity index (χ0n) is 17.6. The van der Waals surface area contributed by atoms with Crippen LogP contribution >= 0.6 is 0 Å². The third kappa shape index (κ3) is 5.16. The molecule has 0 spiro atoms. The van der Waals surface area contributed by atoms with Crippen LogP contribution in [-0.4, -0.2) is 35.2 Å². The lowest BCUT2D eigenvalue weighted by molar-refractivity contribution is -0.143. The molecule has 1 aromatic heterocycles. The molecule has 3 rings (SSSR count). The van der Waals surface area contributed by atoms with Gasteiger partial charge in [-0.25, -0.2) is 5.43 Å². The fourth-order valence-corrected chi connectivity index (χ4v) is 3.32. The number of hydrogen-bond donors (Lipinski definition) is 2. The molecule has 2 amide bonds. The third-order valence-electron chi connectivity index (χ3n) is 4.68. The van der Waals surface area contributed by atoms with Crippen molar-refractivity contribution in [2.75, 3.05) is 11.9 Å². The molecule has 160 valence electrons. The Morgan fingerprint density at radius 2 is 1.90 bits per heavy atom. The molecule has 0 aliphatic carbocycles. The van der Waals surface area contributed by atoms with Crippen LogP contribution in [0.3, 0.4) is 0 Å². The molecule has 0 aliphatic heterocycles. The largest absolute Gasteiger partial charge is 0.465 e. The minimum Gasteiger partial charge on any atom is -0.465 e. The number of hydrazone groups is 1. The van der Waals surface area contributed by atoms with Crippen LogP contribution in [0.4, 0.5) is 5.69 Å². The highest BCUT2D eigenvalue weighted by Crippen LogP contribution is 2.24. The number of ether oxygens (including phenoxy) is 1. The molecule has 0 unspecified atom stereocenters. The predicted octanol–water partition coefficient (Wildman–Crippen LogP) is 3.24. The van der Waals surface area contributed by atoms with Crippen molar-refractivity contribution in [3.05, 3.63) is 65.4 Å². The monoisotopic (exact) mass is 420 g/mol. The Balaban J connectivity index is 1.82. The Kier molecular flexibility index (Phi) is 6.81. The molecule has 0 radical (unpaired) electrons. The average molecular weight is 420 g/mol. The second-order valence-electron chi connectivity index (χ2n) is 6.87. The summed E-state index contributed by atoms with van der Waals surface area (Å²) in [6, 6.07) is 14.2. The molecule has 8 heteroatoms. The van der Waals surface area contributed by atoms with Crippen LogP contribution in [0.15, 0.2) is 53.6 Å². The van der Waals surface area contributed by atoms with Crippen LogP contribution in [0.1, 0.15) is 35.5 Å². The normalized spacial score (nSPS) is 10.9. The maximum absolute atomic E-state index is 12.4. The SMILES string of the molecule is CCOC(=O)Cn1c(C)c(C=NNC(=O)c2cccc(NC(C)=O)c2)c2ccccc21. The number of hydrogen-bond acceptors (Lipinski definition) is 5. The summed E-state index contributed by atoms with van der Waals surface area (Å²) in [5, 5.41) is 7.66. The van der Waals surface area contributed by atoms with Gasteiger partial charge in [0.25, 0.3) is 5.91 Å². The molecular weight excluding hydrogens is 396 g/mol. The molecule has 0 saturated heterocycles. The van der Waals surface area contributed by atoms with E-state index in [9.17, 15) is 14.4 Å². The van der Waals surface area contributed by atoms with Crippen molar-refractivity contribution in [2.24, 2.45) is 5.10 Å². The molecule has 0 fully saturated rings. The van der Waals surface area contributed by atoms with E-state index in [1.54, 1.807) is 37.4 Å². The zero-order chi connectivity index (χ0) is 22.4. The highest BCUT2D eigenvalue weighted by Gasteiger charge is 2.15. The Hall–Kier alpha value is -3.94. The van der Waals surface area contributed by atoms with E-state index in [1.165, 1.54) is 6.92 Å². The number of aromatic nitrogens is 1. The van der Waals surface area contributed by atoms with Crippen LogP contribution < -0.4 is 10.7 Å². The average Bonchev–Trinajstić information content (AvgIpc) is 2.99. The summed E-state index contributed by atoms with van der Waals surface area (Å²) < 4.78 is 6.95. The lowest BCUT2D eigenvalue weighted by atomic mass is 10.1. The Morgan fingerprint density at radius 3 is 2.65 bits per heavy atom. The summed E-state index contributed by atoms with van der Waals surface area (Å²) in [5.74, 6) is -0.941. The van der Waals surface area contributed by atoms with Gasteiger partial charge in [0.1, 0.15) is 6.54 Å². The smallest absolute Gasteiger partial charge is 0.325 e. The fourth-order valence-electron chi connectivity index (χ4n) is 3.32. The highest BCUT2D eigenvalue weighted by molar-refractivity contribution is 6.02. The topological polar surface area (TPSA) is 102 Å². The van der Waals surface area contributed by atoms with Crippen molar-refractivity contribution in [1.29, 1.82) is 0 Å². The van der Waals surface area contributed by atoms with E-state index in [0.29, 0.717) is 17.9 Å². The number of benzene rings is 2. The van der Waals surface area contributed by atoms with Crippen LogP contribution in [0, 0.1) is 6.92 Å². The third-order valence-corrected chi connectivity index (χ3v) is 4.68. The fraction of sp³-hybridized carbons (Fsp3) is 0.217. The predicted molar refractivity (Wildman–Crippen MR) is 119 cm³/mol. The van der Waals surface area contributed by atoms with E-state index < -0.39 is 5.91 Å². The Bertz CT molecular complexity index is 1160. The minimum absolute atomic E-state index is 0.0936. The van der Waals surface area contributed by atoms with Gasteiger partial charge in [0.05, 0.1) is 12.8 Å². The van der Waals surface area contributed by atoms with Gasteiger partial charge in [0.2, 0.25) is 5.91 Å². The number of nitrogens with one attached hydrogen (secondary N) is 2. The van der Waals surface area contributed by atoms with Crippen molar-refractivity contribution in [3.63, 3.8) is 0 Å². The molecule has 0 aliphatic rings. The van der Waals surface area contributed by atoms with E-state index in [2.05, 4.69) is 15.8 Å². The maximum Gasteiger partial charge on any atom is 0.325 e. The van der Waals surface area contributed by atoms with E-state index in [1.807, 2.05) is 35.8 Å². The van der Waals surface area contributed by atoms with Crippen LogP contribution in [-0.2, 0) is 20.9 Å². The summed E-state index contributed by atoms with van der Waals surface area (Å²) in [7, 11) is 0. The van der Waals surface area contributed by atoms with Crippen molar-refractivity contribution < 1.29 is 19.1 Å². The lowest BCUT2D eigenvalue weighted by Crippen LogP contribution is -2.18. The number of carbonyl (C=O) groups excluding carboxylic acids is 3. The molecule has 2 aromatic carbocycles. The highest BCUT2D eigenvalue weighted by atomic mass is 16.5. The van der Waals surface area contributed by atoms with Gasteiger partial charge in [0.15, 0.2) is 0 Å². The number of nitrogens with zero attached hydrogens (tertiary/aromatic N) is 2. The van der Waals surface area contributed by atoms with Crippen molar-refractivity contribution >= 4 is 40.6 Å². The maximum atomic E-state index is 12.4. The number of para-hydroxylation sites is 1. The molecule has 0 saturated carbocycles. The molecular formula is C23H24N4O4. The van der Waals surface area contributed by atoms with Gasteiger partial charge in [-0.2, -0.15) is 5.10 Å². The summed E-state index contributed by atoms with van der Waals surface area (Å²) in [6.45, 7) is 5.47. The molecule has 3 aromatic rings. The molecule has 8 nitrogen and oxygen atoms in total. The first kappa shape index (κ1) is 21.8.